The number of amides is 1. The number of carbonyl (C=O) groups is 1. The van der Waals surface area contributed by atoms with Crippen LogP contribution in [0, 0.1) is 0 Å². The van der Waals surface area contributed by atoms with Gasteiger partial charge >= 0.3 is 0 Å². The van der Waals surface area contributed by atoms with Gasteiger partial charge in [-0.3, -0.25) is 4.79 Å². The van der Waals surface area contributed by atoms with E-state index in [1.807, 2.05) is 49.9 Å². The molecule has 1 atom stereocenters. The maximum atomic E-state index is 12.2. The van der Waals surface area contributed by atoms with E-state index in [0.717, 1.165) is 5.56 Å². The Morgan fingerprint density at radius 3 is 2.61 bits per heavy atom. The van der Waals surface area contributed by atoms with Crippen LogP contribution in [0.25, 0.3) is 0 Å². The predicted molar refractivity (Wildman–Crippen MR) is 87.0 cm³/mol. The van der Waals surface area contributed by atoms with Crippen molar-refractivity contribution in [3.63, 3.8) is 0 Å². The van der Waals surface area contributed by atoms with E-state index in [-0.39, 0.29) is 17.4 Å². The summed E-state index contributed by atoms with van der Waals surface area (Å²) in [5, 5.41) is 4.75. The molecule has 3 rings (SSSR count). The number of carbonyl (C=O) groups excluding carboxylic acids is 1. The van der Waals surface area contributed by atoms with Crippen LogP contribution in [0.4, 0.5) is 0 Å². The van der Waals surface area contributed by atoms with E-state index in [4.69, 9.17) is 16.1 Å². The smallest absolute Gasteiger partial charge is 0.249 e. The number of hydrogen-bond donors (Lipinski definition) is 0. The highest BCUT2D eigenvalue weighted by atomic mass is 35.5. The fraction of sp³-hybridized carbons (Fsp3) is 0.471. The van der Waals surface area contributed by atoms with Crippen molar-refractivity contribution in [1.82, 2.24) is 15.0 Å². The van der Waals surface area contributed by atoms with Gasteiger partial charge in [-0.05, 0) is 24.1 Å². The summed E-state index contributed by atoms with van der Waals surface area (Å²) < 4.78 is 5.43. The minimum Gasteiger partial charge on any atom is -0.337 e. The number of hydrogen-bond acceptors (Lipinski definition) is 4. The van der Waals surface area contributed by atoms with Gasteiger partial charge in [0.25, 0.3) is 0 Å². The Morgan fingerprint density at radius 2 is 2.00 bits per heavy atom. The molecule has 5 nitrogen and oxygen atoms in total. The van der Waals surface area contributed by atoms with Gasteiger partial charge in [-0.15, -0.1) is 0 Å². The Labute approximate surface area is 140 Å². The summed E-state index contributed by atoms with van der Waals surface area (Å²) in [6, 6.07) is 7.37. The maximum absolute atomic E-state index is 12.2. The molecule has 1 aromatic heterocycles. The van der Waals surface area contributed by atoms with Crippen molar-refractivity contribution >= 4 is 17.5 Å². The molecule has 1 fully saturated rings. The number of benzene rings is 1. The molecule has 1 aliphatic rings. The minimum absolute atomic E-state index is 0.112. The Hall–Kier alpha value is -1.88. The molecular formula is C17H20ClN3O2. The highest BCUT2D eigenvalue weighted by Crippen LogP contribution is 2.34. The molecule has 1 aromatic carbocycles. The van der Waals surface area contributed by atoms with Crippen LogP contribution in [-0.4, -0.2) is 20.9 Å². The number of likely N-dealkylation sites (tertiary alicyclic amines) is 1. The van der Waals surface area contributed by atoms with E-state index in [9.17, 15) is 4.79 Å². The number of halogens is 1. The lowest BCUT2D eigenvalue weighted by Crippen LogP contribution is -2.27. The van der Waals surface area contributed by atoms with Crippen LogP contribution in [0.1, 0.15) is 56.9 Å². The van der Waals surface area contributed by atoms with Crippen LogP contribution in [0.3, 0.4) is 0 Å². The van der Waals surface area contributed by atoms with E-state index in [2.05, 4.69) is 10.1 Å². The van der Waals surface area contributed by atoms with E-state index < -0.39 is 0 Å². The Kier molecular flexibility index (Phi) is 4.15. The zero-order valence-corrected chi connectivity index (χ0v) is 14.3. The first-order valence-electron chi connectivity index (χ1n) is 7.72. The van der Waals surface area contributed by atoms with Crippen LogP contribution in [0.2, 0.25) is 5.02 Å². The largest absolute Gasteiger partial charge is 0.337 e. The number of aromatic nitrogens is 2. The van der Waals surface area contributed by atoms with Gasteiger partial charge in [-0.25, -0.2) is 0 Å². The summed E-state index contributed by atoms with van der Waals surface area (Å²) in [6.45, 7) is 6.63. The first kappa shape index (κ1) is 16.0. The molecule has 1 amide bonds. The normalized spacial score (nSPS) is 18.7. The predicted octanol–water partition coefficient (Wildman–Crippen LogP) is 3.88. The lowest BCUT2D eigenvalue weighted by molar-refractivity contribution is -0.129. The second kappa shape index (κ2) is 5.96. The molecule has 23 heavy (non-hydrogen) atoms. The van der Waals surface area contributed by atoms with Crippen molar-refractivity contribution in [2.24, 2.45) is 0 Å². The van der Waals surface area contributed by atoms with Crippen LogP contribution < -0.4 is 0 Å². The number of rotatable bonds is 3. The third-order valence-corrected chi connectivity index (χ3v) is 4.24. The molecule has 1 aliphatic heterocycles. The fourth-order valence-corrected chi connectivity index (χ4v) is 2.78. The lowest BCUT2D eigenvalue weighted by atomic mass is 9.96. The molecule has 0 spiro atoms. The van der Waals surface area contributed by atoms with Gasteiger partial charge in [-0.1, -0.05) is 49.7 Å². The number of nitrogens with zero attached hydrogens (tertiary/aromatic N) is 3. The molecule has 122 valence electrons. The molecule has 2 aromatic rings. The summed E-state index contributed by atoms with van der Waals surface area (Å²) in [5.74, 6) is 1.30. The minimum atomic E-state index is -0.175. The van der Waals surface area contributed by atoms with Gasteiger partial charge in [0.05, 0.1) is 0 Å². The zero-order chi connectivity index (χ0) is 16.6. The lowest BCUT2D eigenvalue weighted by Gasteiger charge is -2.22. The summed E-state index contributed by atoms with van der Waals surface area (Å²) in [4.78, 5) is 18.6. The summed E-state index contributed by atoms with van der Waals surface area (Å²) in [5.41, 5.74) is 0.857. The topological polar surface area (TPSA) is 59.2 Å². The average molecular weight is 334 g/mol. The molecule has 6 heteroatoms. The molecule has 1 unspecified atom stereocenters. The molecule has 0 aliphatic carbocycles. The van der Waals surface area contributed by atoms with E-state index in [1.54, 1.807) is 0 Å². The van der Waals surface area contributed by atoms with Crippen molar-refractivity contribution in [3.05, 3.63) is 46.6 Å². The van der Waals surface area contributed by atoms with Crippen LogP contribution in [0.15, 0.2) is 28.8 Å². The highest BCUT2D eigenvalue weighted by Gasteiger charge is 2.36. The monoisotopic (exact) mass is 333 g/mol. The van der Waals surface area contributed by atoms with E-state index in [1.165, 1.54) is 0 Å². The average Bonchev–Trinajstić information content (AvgIpc) is 3.09. The maximum Gasteiger partial charge on any atom is 0.249 e. The highest BCUT2D eigenvalue weighted by molar-refractivity contribution is 6.30. The molecule has 0 radical (unpaired) electrons. The summed E-state index contributed by atoms with van der Waals surface area (Å²) in [7, 11) is 0. The zero-order valence-electron chi connectivity index (χ0n) is 13.5. The van der Waals surface area contributed by atoms with Crippen molar-refractivity contribution in [2.75, 3.05) is 0 Å². The molecule has 1 saturated heterocycles. The second-order valence-corrected chi connectivity index (χ2v) is 7.35. The molecule has 2 heterocycles. The first-order valence-corrected chi connectivity index (χ1v) is 8.10. The quantitative estimate of drug-likeness (QED) is 0.855. The van der Waals surface area contributed by atoms with Crippen molar-refractivity contribution in [2.45, 2.75) is 51.6 Å². The molecule has 0 bridgehead atoms. The summed E-state index contributed by atoms with van der Waals surface area (Å²) >= 11 is 5.91. The van der Waals surface area contributed by atoms with Crippen molar-refractivity contribution in [3.8, 4) is 0 Å². The van der Waals surface area contributed by atoms with E-state index in [0.29, 0.717) is 36.1 Å². The SMILES string of the molecule is CC(C)(C)c1noc(C2CCC(=O)N2Cc2ccc(Cl)cc2)n1. The Balaban J connectivity index is 1.82. The van der Waals surface area contributed by atoms with Gasteiger partial charge in [0, 0.05) is 23.4 Å². The Morgan fingerprint density at radius 1 is 1.30 bits per heavy atom. The van der Waals surface area contributed by atoms with Crippen LogP contribution in [-0.2, 0) is 16.8 Å². The fourth-order valence-electron chi connectivity index (χ4n) is 2.65. The third kappa shape index (κ3) is 3.39. The molecule has 0 saturated carbocycles. The third-order valence-electron chi connectivity index (χ3n) is 3.99. The van der Waals surface area contributed by atoms with Gasteiger partial charge in [0.2, 0.25) is 11.8 Å². The van der Waals surface area contributed by atoms with Gasteiger partial charge < -0.3 is 9.42 Å². The first-order chi connectivity index (χ1) is 10.8. The van der Waals surface area contributed by atoms with Crippen LogP contribution in [0.5, 0.6) is 0 Å². The van der Waals surface area contributed by atoms with Gasteiger partial charge in [-0.2, -0.15) is 4.98 Å². The molecule has 0 N–H and O–H groups in total. The van der Waals surface area contributed by atoms with Gasteiger partial charge in [0.1, 0.15) is 6.04 Å². The van der Waals surface area contributed by atoms with Crippen molar-refractivity contribution in [1.29, 1.82) is 0 Å². The Bertz CT molecular complexity index is 703. The van der Waals surface area contributed by atoms with Crippen LogP contribution >= 0.6 is 11.6 Å². The van der Waals surface area contributed by atoms with Gasteiger partial charge in [0.15, 0.2) is 5.82 Å². The summed E-state index contributed by atoms with van der Waals surface area (Å²) in [6.07, 6.45) is 1.21. The van der Waals surface area contributed by atoms with Crippen molar-refractivity contribution < 1.29 is 9.32 Å². The second-order valence-electron chi connectivity index (χ2n) is 6.91. The molecular weight excluding hydrogens is 314 g/mol. The standard InChI is InChI=1S/C17H20ClN3O2/c1-17(2,3)16-19-15(23-20-16)13-8-9-14(22)21(13)10-11-4-6-12(18)7-5-11/h4-7,13H,8-10H2,1-3H3. The van der Waals surface area contributed by atoms with E-state index >= 15 is 0 Å².